The van der Waals surface area contributed by atoms with Crippen LogP contribution in [0.15, 0.2) is 36.4 Å². The third kappa shape index (κ3) is 3.22. The molecule has 1 aliphatic carbocycles. The molecule has 2 aromatic carbocycles. The number of esters is 1. The summed E-state index contributed by atoms with van der Waals surface area (Å²) in [6.07, 6.45) is 0.117. The molecule has 1 unspecified atom stereocenters. The average molecular weight is 350 g/mol. The normalized spacial score (nSPS) is 16.0. The van der Waals surface area contributed by atoms with Crippen molar-refractivity contribution in [3.63, 3.8) is 0 Å². The molecule has 3 rings (SSSR count). The number of fused-ring (bicyclic) bond motifs is 1. The standard InChI is InChI=1S/C18H13F3O4/c1-9-8-12(22)16-14(7-6-11(19)15(9)16)24-17(23)10-4-2-3-5-13(10)25-18(20)21/h2-7,9,18H,8H2,1H3. The first-order valence-electron chi connectivity index (χ1n) is 7.50. The molecule has 0 N–H and O–H groups in total. The van der Waals surface area contributed by atoms with Crippen molar-refractivity contribution < 1.29 is 32.2 Å². The van der Waals surface area contributed by atoms with Crippen molar-refractivity contribution >= 4 is 11.8 Å². The number of carbonyl (C=O) groups excluding carboxylic acids is 2. The van der Waals surface area contributed by atoms with Crippen LogP contribution in [0, 0.1) is 5.82 Å². The fourth-order valence-electron chi connectivity index (χ4n) is 2.90. The van der Waals surface area contributed by atoms with E-state index >= 15 is 0 Å². The van der Waals surface area contributed by atoms with Gasteiger partial charge in [-0.2, -0.15) is 8.78 Å². The third-order valence-corrected chi connectivity index (χ3v) is 3.94. The van der Waals surface area contributed by atoms with Gasteiger partial charge in [0.2, 0.25) is 0 Å². The van der Waals surface area contributed by atoms with Crippen LogP contribution in [-0.2, 0) is 0 Å². The topological polar surface area (TPSA) is 52.6 Å². The van der Waals surface area contributed by atoms with Gasteiger partial charge in [-0.05, 0) is 30.2 Å². The summed E-state index contributed by atoms with van der Waals surface area (Å²) in [6, 6.07) is 7.63. The summed E-state index contributed by atoms with van der Waals surface area (Å²) in [5.41, 5.74) is -0.0000981. The van der Waals surface area contributed by atoms with Gasteiger partial charge in [-0.15, -0.1) is 0 Å². The number of halogens is 3. The number of hydrogen-bond acceptors (Lipinski definition) is 4. The van der Waals surface area contributed by atoms with Gasteiger partial charge in [-0.25, -0.2) is 9.18 Å². The Morgan fingerprint density at radius 1 is 1.16 bits per heavy atom. The Morgan fingerprint density at radius 2 is 1.88 bits per heavy atom. The van der Waals surface area contributed by atoms with Crippen LogP contribution in [0.2, 0.25) is 0 Å². The zero-order valence-electron chi connectivity index (χ0n) is 13.1. The van der Waals surface area contributed by atoms with E-state index in [2.05, 4.69) is 4.74 Å². The quantitative estimate of drug-likeness (QED) is 0.608. The molecule has 0 saturated carbocycles. The van der Waals surface area contributed by atoms with E-state index in [0.29, 0.717) is 0 Å². The SMILES string of the molecule is CC1CC(=O)c2c(OC(=O)c3ccccc3OC(F)F)ccc(F)c21. The third-order valence-electron chi connectivity index (χ3n) is 3.94. The number of Topliss-reactive ketones (excluding diaryl/α,β-unsaturated/α-hetero) is 1. The number of carbonyl (C=O) groups is 2. The van der Waals surface area contributed by atoms with Gasteiger partial charge in [0.25, 0.3) is 0 Å². The van der Waals surface area contributed by atoms with Crippen LogP contribution in [0.1, 0.15) is 45.5 Å². The van der Waals surface area contributed by atoms with Crippen molar-refractivity contribution in [2.75, 3.05) is 0 Å². The Balaban J connectivity index is 1.95. The van der Waals surface area contributed by atoms with E-state index in [1.807, 2.05) is 0 Å². The molecule has 0 amide bonds. The van der Waals surface area contributed by atoms with Crippen molar-refractivity contribution in [3.05, 3.63) is 58.9 Å². The monoisotopic (exact) mass is 350 g/mol. The van der Waals surface area contributed by atoms with E-state index < -0.39 is 18.4 Å². The number of rotatable bonds is 4. The lowest BCUT2D eigenvalue weighted by molar-refractivity contribution is -0.0503. The number of alkyl halides is 2. The highest BCUT2D eigenvalue weighted by Gasteiger charge is 2.33. The fourth-order valence-corrected chi connectivity index (χ4v) is 2.90. The number of para-hydroxylation sites is 1. The molecule has 0 saturated heterocycles. The molecule has 4 nitrogen and oxygen atoms in total. The van der Waals surface area contributed by atoms with Crippen LogP contribution >= 0.6 is 0 Å². The summed E-state index contributed by atoms with van der Waals surface area (Å²) in [5.74, 6) is -2.62. The molecule has 0 fully saturated rings. The zero-order chi connectivity index (χ0) is 18.1. The molecule has 0 radical (unpaired) electrons. The van der Waals surface area contributed by atoms with E-state index in [-0.39, 0.29) is 46.3 Å². The maximum absolute atomic E-state index is 14.0. The Hall–Kier alpha value is -2.83. The predicted molar refractivity (Wildman–Crippen MR) is 81.8 cm³/mol. The Labute approximate surface area is 141 Å². The number of ketones is 1. The summed E-state index contributed by atoms with van der Waals surface area (Å²) < 4.78 is 48.3. The fraction of sp³-hybridized carbons (Fsp3) is 0.222. The van der Waals surface area contributed by atoms with Gasteiger partial charge in [0.05, 0.1) is 5.56 Å². The molecule has 0 aliphatic heterocycles. The highest BCUT2D eigenvalue weighted by molar-refractivity contribution is 6.05. The van der Waals surface area contributed by atoms with E-state index in [9.17, 15) is 22.8 Å². The Morgan fingerprint density at radius 3 is 2.60 bits per heavy atom. The number of ether oxygens (including phenoxy) is 2. The van der Waals surface area contributed by atoms with Crippen LogP contribution in [0.3, 0.4) is 0 Å². The molecular formula is C18H13F3O4. The van der Waals surface area contributed by atoms with Gasteiger partial charge in [0, 0.05) is 12.0 Å². The van der Waals surface area contributed by atoms with Gasteiger partial charge in [-0.3, -0.25) is 4.79 Å². The van der Waals surface area contributed by atoms with Crippen LogP contribution < -0.4 is 9.47 Å². The first-order chi connectivity index (χ1) is 11.9. The first-order valence-corrected chi connectivity index (χ1v) is 7.50. The van der Waals surface area contributed by atoms with Gasteiger partial charge in [-0.1, -0.05) is 19.1 Å². The van der Waals surface area contributed by atoms with Crippen LogP contribution in [0.4, 0.5) is 13.2 Å². The summed E-state index contributed by atoms with van der Waals surface area (Å²) >= 11 is 0. The molecule has 0 aromatic heterocycles. The molecule has 0 bridgehead atoms. The van der Waals surface area contributed by atoms with Crippen LogP contribution in [0.5, 0.6) is 11.5 Å². The van der Waals surface area contributed by atoms with Gasteiger partial charge in [0.15, 0.2) is 5.78 Å². The highest BCUT2D eigenvalue weighted by atomic mass is 19.3. The molecule has 7 heteroatoms. The Kier molecular flexibility index (Phi) is 4.48. The van der Waals surface area contributed by atoms with Crippen molar-refractivity contribution in [1.29, 1.82) is 0 Å². The molecule has 2 aromatic rings. The molecular weight excluding hydrogens is 337 g/mol. The van der Waals surface area contributed by atoms with Crippen molar-refractivity contribution in [2.45, 2.75) is 25.9 Å². The molecule has 1 aliphatic rings. The maximum atomic E-state index is 14.0. The Bertz CT molecular complexity index is 848. The van der Waals surface area contributed by atoms with Gasteiger partial charge >= 0.3 is 12.6 Å². The van der Waals surface area contributed by atoms with Crippen LogP contribution in [-0.4, -0.2) is 18.4 Å². The zero-order valence-corrected chi connectivity index (χ0v) is 13.1. The molecule has 1 atom stereocenters. The molecule has 0 spiro atoms. The summed E-state index contributed by atoms with van der Waals surface area (Å²) in [4.78, 5) is 24.4. The smallest absolute Gasteiger partial charge is 0.387 e. The summed E-state index contributed by atoms with van der Waals surface area (Å²) in [7, 11) is 0. The van der Waals surface area contributed by atoms with Crippen molar-refractivity contribution in [2.24, 2.45) is 0 Å². The van der Waals surface area contributed by atoms with Gasteiger partial charge < -0.3 is 9.47 Å². The number of benzene rings is 2. The van der Waals surface area contributed by atoms with Crippen molar-refractivity contribution in [1.82, 2.24) is 0 Å². The van der Waals surface area contributed by atoms with E-state index in [0.717, 1.165) is 6.07 Å². The lowest BCUT2D eigenvalue weighted by Crippen LogP contribution is -2.14. The second-order valence-electron chi connectivity index (χ2n) is 5.63. The van der Waals surface area contributed by atoms with Crippen LogP contribution in [0.25, 0.3) is 0 Å². The first kappa shape index (κ1) is 17.0. The van der Waals surface area contributed by atoms with E-state index in [4.69, 9.17) is 4.74 Å². The second kappa shape index (κ2) is 6.58. The molecule has 0 heterocycles. The average Bonchev–Trinajstić information content (AvgIpc) is 2.85. The molecule has 25 heavy (non-hydrogen) atoms. The lowest BCUT2D eigenvalue weighted by Gasteiger charge is -2.12. The lowest BCUT2D eigenvalue weighted by atomic mass is 10.0. The second-order valence-corrected chi connectivity index (χ2v) is 5.63. The van der Waals surface area contributed by atoms with Crippen molar-refractivity contribution in [3.8, 4) is 11.5 Å². The van der Waals surface area contributed by atoms with E-state index in [1.165, 1.54) is 30.3 Å². The van der Waals surface area contributed by atoms with Gasteiger partial charge in [0.1, 0.15) is 22.9 Å². The minimum Gasteiger partial charge on any atom is -0.434 e. The van der Waals surface area contributed by atoms with E-state index in [1.54, 1.807) is 6.92 Å². The largest absolute Gasteiger partial charge is 0.434 e. The summed E-state index contributed by atoms with van der Waals surface area (Å²) in [5, 5.41) is 0. The maximum Gasteiger partial charge on any atom is 0.387 e. The highest BCUT2D eigenvalue weighted by Crippen LogP contribution is 2.40. The number of hydrogen-bond donors (Lipinski definition) is 0. The minimum atomic E-state index is -3.11. The molecule has 130 valence electrons. The predicted octanol–water partition coefficient (Wildman–Crippen LogP) is 4.34. The minimum absolute atomic E-state index is 0.0214. The summed E-state index contributed by atoms with van der Waals surface area (Å²) in [6.45, 7) is -1.41.